The number of ketones is 1. The third-order valence-electron chi connectivity index (χ3n) is 2.19. The van der Waals surface area contributed by atoms with Gasteiger partial charge in [-0.1, -0.05) is 18.5 Å². The number of halogens is 1. The summed E-state index contributed by atoms with van der Waals surface area (Å²) in [6.07, 6.45) is 0.704. The van der Waals surface area contributed by atoms with Gasteiger partial charge in [-0.15, -0.1) is 0 Å². The van der Waals surface area contributed by atoms with Crippen LogP contribution < -0.4 is 0 Å². The average Bonchev–Trinajstić information content (AvgIpc) is 2.55. The zero-order valence-electron chi connectivity index (χ0n) is 8.49. The van der Waals surface area contributed by atoms with E-state index in [2.05, 4.69) is 10.1 Å². The van der Waals surface area contributed by atoms with Crippen LogP contribution in [0.3, 0.4) is 0 Å². The van der Waals surface area contributed by atoms with Gasteiger partial charge in [0.15, 0.2) is 11.4 Å². The van der Waals surface area contributed by atoms with Crippen LogP contribution in [0.25, 0.3) is 5.65 Å². The number of nitrogens with zero attached hydrogens (tertiary/aromatic N) is 3. The summed E-state index contributed by atoms with van der Waals surface area (Å²) in [5.41, 5.74) is 1.94. The zero-order chi connectivity index (χ0) is 11.0. The van der Waals surface area contributed by atoms with Crippen LogP contribution in [-0.2, 0) is 6.42 Å². The fourth-order valence-electron chi connectivity index (χ4n) is 1.56. The molecule has 0 saturated carbocycles. The van der Waals surface area contributed by atoms with Gasteiger partial charge in [0.25, 0.3) is 0 Å². The molecule has 4 nitrogen and oxygen atoms in total. The zero-order valence-corrected chi connectivity index (χ0v) is 9.25. The van der Waals surface area contributed by atoms with Crippen LogP contribution in [-0.4, -0.2) is 20.4 Å². The largest absolute Gasteiger partial charge is 0.293 e. The Hall–Kier alpha value is -1.42. The van der Waals surface area contributed by atoms with E-state index in [-0.39, 0.29) is 5.78 Å². The molecule has 15 heavy (non-hydrogen) atoms. The molecule has 78 valence electrons. The van der Waals surface area contributed by atoms with Crippen molar-refractivity contribution in [1.29, 1.82) is 0 Å². The Bertz CT molecular complexity index is 533. The summed E-state index contributed by atoms with van der Waals surface area (Å²) >= 11 is 5.78. The van der Waals surface area contributed by atoms with E-state index in [4.69, 9.17) is 11.6 Å². The Morgan fingerprint density at radius 3 is 2.87 bits per heavy atom. The van der Waals surface area contributed by atoms with Gasteiger partial charge in [0, 0.05) is 6.92 Å². The van der Waals surface area contributed by atoms with E-state index in [9.17, 15) is 4.79 Å². The minimum absolute atomic E-state index is 0.0471. The first-order chi connectivity index (χ1) is 7.13. The number of imidazole rings is 1. The first-order valence-corrected chi connectivity index (χ1v) is 5.06. The number of hydrogen-bond acceptors (Lipinski definition) is 3. The molecule has 0 bridgehead atoms. The predicted octanol–water partition coefficient (Wildman–Crippen LogP) is 2.15. The molecule has 0 aliphatic carbocycles. The van der Waals surface area contributed by atoms with Crippen molar-refractivity contribution in [3.63, 3.8) is 0 Å². The number of hydrogen-bond donors (Lipinski definition) is 0. The highest BCUT2D eigenvalue weighted by Crippen LogP contribution is 2.14. The maximum atomic E-state index is 11.5. The molecule has 0 unspecified atom stereocenters. The second-order valence-corrected chi connectivity index (χ2v) is 3.63. The summed E-state index contributed by atoms with van der Waals surface area (Å²) < 4.78 is 1.50. The number of aromatic nitrogens is 3. The van der Waals surface area contributed by atoms with E-state index in [1.54, 1.807) is 12.1 Å². The molecule has 0 atom stereocenters. The number of carbonyl (C=O) groups is 1. The highest BCUT2D eigenvalue weighted by molar-refractivity contribution is 6.29. The smallest absolute Gasteiger partial charge is 0.180 e. The summed E-state index contributed by atoms with van der Waals surface area (Å²) in [5, 5.41) is 4.42. The normalized spacial score (nSPS) is 10.9. The third kappa shape index (κ3) is 1.61. The molecule has 0 aromatic carbocycles. The van der Waals surface area contributed by atoms with Crippen LogP contribution in [0.2, 0.25) is 5.15 Å². The van der Waals surface area contributed by atoms with Crippen LogP contribution >= 0.6 is 11.6 Å². The van der Waals surface area contributed by atoms with Gasteiger partial charge in [0.05, 0.1) is 5.69 Å². The van der Waals surface area contributed by atoms with Crippen LogP contribution in [0.15, 0.2) is 12.1 Å². The standard InChI is InChI=1S/C10H10ClN3O/c1-3-7-10(6(2)15)14-9(12-7)5-4-8(11)13-14/h4-5H,3H2,1-2H3. The number of Topliss-reactive ketones (excluding diaryl/α,β-unsaturated/α-hetero) is 1. The van der Waals surface area contributed by atoms with Crippen molar-refractivity contribution in [2.24, 2.45) is 0 Å². The number of carbonyl (C=O) groups excluding carboxylic acids is 1. The monoisotopic (exact) mass is 223 g/mol. The summed E-state index contributed by atoms with van der Waals surface area (Å²) in [5.74, 6) is -0.0471. The van der Waals surface area contributed by atoms with Crippen molar-refractivity contribution in [3.05, 3.63) is 28.7 Å². The second kappa shape index (κ2) is 3.62. The van der Waals surface area contributed by atoms with Gasteiger partial charge in [-0.25, -0.2) is 9.50 Å². The van der Waals surface area contributed by atoms with Crippen LogP contribution in [0.1, 0.15) is 30.0 Å². The molecule has 2 heterocycles. The van der Waals surface area contributed by atoms with E-state index >= 15 is 0 Å². The molecule has 2 aromatic rings. The maximum absolute atomic E-state index is 11.5. The van der Waals surface area contributed by atoms with Gasteiger partial charge < -0.3 is 0 Å². The molecule has 0 fully saturated rings. The van der Waals surface area contributed by atoms with Crippen molar-refractivity contribution in [3.8, 4) is 0 Å². The number of rotatable bonds is 2. The quantitative estimate of drug-likeness (QED) is 0.733. The van der Waals surface area contributed by atoms with E-state index < -0.39 is 0 Å². The second-order valence-electron chi connectivity index (χ2n) is 3.24. The molecule has 0 amide bonds. The molecular weight excluding hydrogens is 214 g/mol. The molecule has 0 aliphatic rings. The Morgan fingerprint density at radius 1 is 1.53 bits per heavy atom. The highest BCUT2D eigenvalue weighted by atomic mass is 35.5. The lowest BCUT2D eigenvalue weighted by atomic mass is 10.2. The first-order valence-electron chi connectivity index (χ1n) is 4.68. The van der Waals surface area contributed by atoms with Crippen molar-refractivity contribution < 1.29 is 4.79 Å². The van der Waals surface area contributed by atoms with Crippen molar-refractivity contribution in [2.45, 2.75) is 20.3 Å². The molecule has 2 rings (SSSR count). The molecular formula is C10H10ClN3O. The van der Waals surface area contributed by atoms with Gasteiger partial charge >= 0.3 is 0 Å². The minimum Gasteiger partial charge on any atom is -0.293 e. The number of aryl methyl sites for hydroxylation is 1. The molecule has 0 spiro atoms. The summed E-state index contributed by atoms with van der Waals surface area (Å²) in [4.78, 5) is 15.8. The first kappa shape index (κ1) is 10.1. The van der Waals surface area contributed by atoms with Crippen LogP contribution in [0.5, 0.6) is 0 Å². The SMILES string of the molecule is CCc1nc2ccc(Cl)nn2c1C(C)=O. The summed E-state index contributed by atoms with van der Waals surface area (Å²) in [7, 11) is 0. The average molecular weight is 224 g/mol. The number of fused-ring (bicyclic) bond motifs is 1. The highest BCUT2D eigenvalue weighted by Gasteiger charge is 2.15. The van der Waals surface area contributed by atoms with Gasteiger partial charge in [-0.05, 0) is 18.6 Å². The minimum atomic E-state index is -0.0471. The lowest BCUT2D eigenvalue weighted by Crippen LogP contribution is -2.04. The van der Waals surface area contributed by atoms with Gasteiger partial charge in [-0.3, -0.25) is 4.79 Å². The summed E-state index contributed by atoms with van der Waals surface area (Å²) in [6, 6.07) is 3.41. The molecule has 2 aromatic heterocycles. The van der Waals surface area contributed by atoms with E-state index in [0.29, 0.717) is 22.9 Å². The summed E-state index contributed by atoms with van der Waals surface area (Å²) in [6.45, 7) is 3.46. The lowest BCUT2D eigenvalue weighted by Gasteiger charge is -1.97. The Labute approximate surface area is 91.9 Å². The molecule has 5 heteroatoms. The fraction of sp³-hybridized carbons (Fsp3) is 0.300. The van der Waals surface area contributed by atoms with Crippen LogP contribution in [0, 0.1) is 0 Å². The van der Waals surface area contributed by atoms with Crippen molar-refractivity contribution in [1.82, 2.24) is 14.6 Å². The Balaban J connectivity index is 2.82. The lowest BCUT2D eigenvalue weighted by molar-refractivity contribution is 0.101. The Kier molecular flexibility index (Phi) is 2.44. The Morgan fingerprint density at radius 2 is 2.27 bits per heavy atom. The fourth-order valence-corrected chi connectivity index (χ4v) is 1.69. The van der Waals surface area contributed by atoms with E-state index in [1.165, 1.54) is 11.4 Å². The van der Waals surface area contributed by atoms with Gasteiger partial charge in [0.1, 0.15) is 10.8 Å². The van der Waals surface area contributed by atoms with Gasteiger partial charge in [0.2, 0.25) is 0 Å². The predicted molar refractivity (Wildman–Crippen MR) is 57.4 cm³/mol. The van der Waals surface area contributed by atoms with Crippen molar-refractivity contribution in [2.75, 3.05) is 0 Å². The topological polar surface area (TPSA) is 47.3 Å². The molecule has 0 saturated heterocycles. The molecule has 0 aliphatic heterocycles. The van der Waals surface area contributed by atoms with Crippen molar-refractivity contribution >= 4 is 23.0 Å². The van der Waals surface area contributed by atoms with E-state index in [1.807, 2.05) is 6.92 Å². The molecule has 0 N–H and O–H groups in total. The van der Waals surface area contributed by atoms with E-state index in [0.717, 1.165) is 5.69 Å². The van der Waals surface area contributed by atoms with Gasteiger partial charge in [-0.2, -0.15) is 5.10 Å². The van der Waals surface area contributed by atoms with Crippen LogP contribution in [0.4, 0.5) is 0 Å². The third-order valence-corrected chi connectivity index (χ3v) is 2.39. The molecule has 0 radical (unpaired) electrons. The maximum Gasteiger partial charge on any atom is 0.180 e.